The Kier molecular flexibility index (Phi) is 6.58. The Morgan fingerprint density at radius 2 is 2.23 bits per heavy atom. The number of nitro groups is 1. The van der Waals surface area contributed by atoms with Crippen molar-refractivity contribution in [1.82, 2.24) is 10.2 Å². The van der Waals surface area contributed by atoms with Gasteiger partial charge >= 0.3 is 0 Å². The first-order valence-electron chi connectivity index (χ1n) is 7.10. The fraction of sp³-hybridized carbons (Fsp3) is 0.533. The Bertz CT molecular complexity index is 560. The van der Waals surface area contributed by atoms with E-state index in [1.54, 1.807) is 19.2 Å². The Morgan fingerprint density at radius 1 is 1.50 bits per heavy atom. The minimum Gasteiger partial charge on any atom is -0.352 e. The minimum absolute atomic E-state index is 0. The summed E-state index contributed by atoms with van der Waals surface area (Å²) in [7, 11) is 1.76. The van der Waals surface area contributed by atoms with Crippen LogP contribution >= 0.6 is 24.0 Å². The van der Waals surface area contributed by atoms with Crippen LogP contribution in [0.5, 0.6) is 0 Å². The maximum absolute atomic E-state index is 10.8. The SMILES string of the molecule is CN=C(NCc1cccc([N+](=O)[O-])c1)N1CCC(C)(C)C1.I. The summed E-state index contributed by atoms with van der Waals surface area (Å²) in [6.07, 6.45) is 1.14. The summed E-state index contributed by atoms with van der Waals surface area (Å²) in [4.78, 5) is 16.9. The fourth-order valence-corrected chi connectivity index (χ4v) is 2.59. The van der Waals surface area contributed by atoms with E-state index in [0.29, 0.717) is 12.0 Å². The number of nitrogens with one attached hydrogen (secondary N) is 1. The van der Waals surface area contributed by atoms with Crippen molar-refractivity contribution < 1.29 is 4.92 Å². The molecule has 0 radical (unpaired) electrons. The van der Waals surface area contributed by atoms with Crippen LogP contribution in [-0.4, -0.2) is 35.9 Å². The van der Waals surface area contributed by atoms with Crippen molar-refractivity contribution in [2.75, 3.05) is 20.1 Å². The first kappa shape index (κ1) is 18.7. The lowest BCUT2D eigenvalue weighted by Crippen LogP contribution is -2.40. The van der Waals surface area contributed by atoms with Crippen molar-refractivity contribution in [3.8, 4) is 0 Å². The smallest absolute Gasteiger partial charge is 0.269 e. The predicted molar refractivity (Wildman–Crippen MR) is 98.7 cm³/mol. The van der Waals surface area contributed by atoms with E-state index in [-0.39, 0.29) is 34.6 Å². The van der Waals surface area contributed by atoms with Gasteiger partial charge in [-0.3, -0.25) is 15.1 Å². The van der Waals surface area contributed by atoms with E-state index in [4.69, 9.17) is 0 Å². The van der Waals surface area contributed by atoms with Crippen LogP contribution in [0.1, 0.15) is 25.8 Å². The number of benzene rings is 1. The lowest BCUT2D eigenvalue weighted by Gasteiger charge is -2.23. The van der Waals surface area contributed by atoms with Crippen molar-refractivity contribution in [3.63, 3.8) is 0 Å². The van der Waals surface area contributed by atoms with Crippen molar-refractivity contribution in [2.45, 2.75) is 26.8 Å². The van der Waals surface area contributed by atoms with Crippen molar-refractivity contribution in [3.05, 3.63) is 39.9 Å². The minimum atomic E-state index is -0.374. The van der Waals surface area contributed by atoms with Gasteiger partial charge in [-0.15, -0.1) is 24.0 Å². The van der Waals surface area contributed by atoms with E-state index in [1.807, 2.05) is 6.07 Å². The van der Waals surface area contributed by atoms with Crippen LogP contribution in [0.4, 0.5) is 5.69 Å². The number of non-ortho nitro benzene ring substituents is 1. The summed E-state index contributed by atoms with van der Waals surface area (Å²) >= 11 is 0. The van der Waals surface area contributed by atoms with Gasteiger partial charge in [0.15, 0.2) is 5.96 Å². The molecule has 1 saturated heterocycles. The van der Waals surface area contributed by atoms with E-state index in [1.165, 1.54) is 6.07 Å². The number of aliphatic imine (C=N–C) groups is 1. The quantitative estimate of drug-likeness (QED) is 0.269. The molecular weight excluding hydrogens is 395 g/mol. The molecule has 0 amide bonds. The van der Waals surface area contributed by atoms with Gasteiger partial charge in [-0.25, -0.2) is 0 Å². The number of rotatable bonds is 3. The predicted octanol–water partition coefficient (Wildman–Crippen LogP) is 3.02. The molecular formula is C15H23IN4O2. The monoisotopic (exact) mass is 418 g/mol. The van der Waals surface area contributed by atoms with Crippen LogP contribution in [0.25, 0.3) is 0 Å². The second kappa shape index (κ2) is 7.75. The summed E-state index contributed by atoms with van der Waals surface area (Å²) in [6.45, 7) is 7.00. The Labute approximate surface area is 148 Å². The number of nitrogens with zero attached hydrogens (tertiary/aromatic N) is 3. The molecule has 1 aliphatic rings. The fourth-order valence-electron chi connectivity index (χ4n) is 2.59. The Morgan fingerprint density at radius 3 is 2.77 bits per heavy atom. The van der Waals surface area contributed by atoms with Gasteiger partial charge in [0.25, 0.3) is 5.69 Å². The molecule has 1 aromatic rings. The molecule has 7 heteroatoms. The van der Waals surface area contributed by atoms with E-state index < -0.39 is 0 Å². The van der Waals surface area contributed by atoms with E-state index in [2.05, 4.69) is 29.1 Å². The van der Waals surface area contributed by atoms with E-state index >= 15 is 0 Å². The van der Waals surface area contributed by atoms with Gasteiger partial charge < -0.3 is 10.2 Å². The number of nitro benzene ring substituents is 1. The second-order valence-corrected chi connectivity index (χ2v) is 6.16. The molecule has 22 heavy (non-hydrogen) atoms. The maximum Gasteiger partial charge on any atom is 0.269 e. The molecule has 1 fully saturated rings. The highest BCUT2D eigenvalue weighted by molar-refractivity contribution is 14.0. The lowest BCUT2D eigenvalue weighted by atomic mass is 9.93. The average molecular weight is 418 g/mol. The number of hydrogen-bond donors (Lipinski definition) is 1. The summed E-state index contributed by atoms with van der Waals surface area (Å²) in [5.41, 5.74) is 1.30. The summed E-state index contributed by atoms with van der Waals surface area (Å²) in [5.74, 6) is 0.854. The van der Waals surface area contributed by atoms with Crippen molar-refractivity contribution >= 4 is 35.6 Å². The molecule has 0 bridgehead atoms. The van der Waals surface area contributed by atoms with Crippen LogP contribution in [0.3, 0.4) is 0 Å². The maximum atomic E-state index is 10.8. The molecule has 1 N–H and O–H groups in total. The molecule has 0 aromatic heterocycles. The highest BCUT2D eigenvalue weighted by Gasteiger charge is 2.30. The number of hydrogen-bond acceptors (Lipinski definition) is 3. The van der Waals surface area contributed by atoms with Gasteiger partial charge in [0.1, 0.15) is 0 Å². The number of likely N-dealkylation sites (tertiary alicyclic amines) is 1. The van der Waals surface area contributed by atoms with Crippen LogP contribution < -0.4 is 5.32 Å². The topological polar surface area (TPSA) is 70.8 Å². The first-order valence-corrected chi connectivity index (χ1v) is 7.10. The molecule has 0 atom stereocenters. The normalized spacial score (nSPS) is 17.0. The number of guanidine groups is 1. The third-order valence-corrected chi connectivity index (χ3v) is 3.76. The van der Waals surface area contributed by atoms with Gasteiger partial charge in [0.05, 0.1) is 4.92 Å². The van der Waals surface area contributed by atoms with Gasteiger partial charge in [-0.05, 0) is 17.4 Å². The van der Waals surface area contributed by atoms with Crippen molar-refractivity contribution in [1.29, 1.82) is 0 Å². The van der Waals surface area contributed by atoms with Crippen LogP contribution in [0.2, 0.25) is 0 Å². The zero-order chi connectivity index (χ0) is 15.5. The Hall–Kier alpha value is -1.38. The highest BCUT2D eigenvalue weighted by atomic mass is 127. The third-order valence-electron chi connectivity index (χ3n) is 3.76. The number of halogens is 1. The van der Waals surface area contributed by atoms with E-state index in [0.717, 1.165) is 31.0 Å². The Balaban J connectivity index is 0.00000242. The zero-order valence-corrected chi connectivity index (χ0v) is 15.5. The molecule has 0 saturated carbocycles. The van der Waals surface area contributed by atoms with Gasteiger partial charge in [0.2, 0.25) is 0 Å². The molecule has 1 aromatic carbocycles. The molecule has 1 heterocycles. The molecule has 0 unspecified atom stereocenters. The molecule has 0 aliphatic carbocycles. The molecule has 6 nitrogen and oxygen atoms in total. The van der Waals surface area contributed by atoms with E-state index in [9.17, 15) is 10.1 Å². The van der Waals surface area contributed by atoms with Crippen LogP contribution in [0.15, 0.2) is 29.3 Å². The lowest BCUT2D eigenvalue weighted by molar-refractivity contribution is -0.384. The molecule has 122 valence electrons. The van der Waals surface area contributed by atoms with Gasteiger partial charge in [-0.1, -0.05) is 26.0 Å². The third kappa shape index (κ3) is 4.82. The zero-order valence-electron chi connectivity index (χ0n) is 13.2. The van der Waals surface area contributed by atoms with Crippen molar-refractivity contribution in [2.24, 2.45) is 10.4 Å². The molecule has 2 rings (SSSR count). The molecule has 0 spiro atoms. The summed E-state index contributed by atoms with van der Waals surface area (Å²) < 4.78 is 0. The van der Waals surface area contributed by atoms with Gasteiger partial charge in [0, 0.05) is 38.8 Å². The summed E-state index contributed by atoms with van der Waals surface area (Å²) in [6, 6.07) is 6.67. The largest absolute Gasteiger partial charge is 0.352 e. The average Bonchev–Trinajstić information content (AvgIpc) is 2.80. The second-order valence-electron chi connectivity index (χ2n) is 6.16. The van der Waals surface area contributed by atoms with Crippen LogP contribution in [0, 0.1) is 15.5 Å². The first-order chi connectivity index (χ1) is 9.91. The molecule has 1 aliphatic heterocycles. The van der Waals surface area contributed by atoms with Gasteiger partial charge in [-0.2, -0.15) is 0 Å². The standard InChI is InChI=1S/C15H22N4O2.HI/c1-15(2)7-8-18(11-15)14(16-3)17-10-12-5-4-6-13(9-12)19(20)21;/h4-6,9H,7-8,10-11H2,1-3H3,(H,16,17);1H. The summed E-state index contributed by atoms with van der Waals surface area (Å²) in [5, 5.41) is 14.1. The van der Waals surface area contributed by atoms with Crippen LogP contribution in [-0.2, 0) is 6.54 Å². The highest BCUT2D eigenvalue weighted by Crippen LogP contribution is 2.28.